The van der Waals surface area contributed by atoms with Crippen molar-refractivity contribution in [3.05, 3.63) is 5.92 Å². The maximum atomic E-state index is 1.95. The van der Waals surface area contributed by atoms with Crippen LogP contribution in [0.3, 0.4) is 0 Å². The van der Waals surface area contributed by atoms with E-state index in [9.17, 15) is 0 Å². The monoisotopic (exact) mass is 179 g/mol. The Morgan fingerprint density at radius 3 is 1.77 bits per heavy atom. The van der Waals surface area contributed by atoms with E-state index in [0.29, 0.717) is 0 Å². The van der Waals surface area contributed by atoms with Crippen LogP contribution in [0.25, 0.3) is 0 Å². The van der Waals surface area contributed by atoms with Crippen LogP contribution in [0.2, 0.25) is 0 Å². The van der Waals surface area contributed by atoms with Crippen molar-refractivity contribution < 1.29 is 0 Å². The Morgan fingerprint density at radius 1 is 0.615 bits per heavy atom. The Morgan fingerprint density at radius 2 is 1.15 bits per heavy atom. The molecule has 0 atom stereocenters. The van der Waals surface area contributed by atoms with E-state index in [0.717, 1.165) is 5.92 Å². The molecule has 0 aromatic rings. The van der Waals surface area contributed by atoms with E-state index in [-0.39, 0.29) is 0 Å². The summed E-state index contributed by atoms with van der Waals surface area (Å²) in [5.41, 5.74) is 0. The standard InChI is InChI=1S/C13H23/c1-2-4-8-12(9-5-3-1)13-10-6-7-11-13/h12H,1-11H2. The van der Waals surface area contributed by atoms with Gasteiger partial charge in [0.2, 0.25) is 0 Å². The van der Waals surface area contributed by atoms with Crippen molar-refractivity contribution in [1.29, 1.82) is 0 Å². The highest BCUT2D eigenvalue weighted by Crippen LogP contribution is 2.39. The van der Waals surface area contributed by atoms with Crippen LogP contribution in [-0.2, 0) is 0 Å². The summed E-state index contributed by atoms with van der Waals surface area (Å²) in [6, 6.07) is 0. The van der Waals surface area contributed by atoms with Crippen molar-refractivity contribution in [2.45, 2.75) is 70.6 Å². The highest BCUT2D eigenvalue weighted by molar-refractivity contribution is 5.00. The quantitative estimate of drug-likeness (QED) is 0.556. The summed E-state index contributed by atoms with van der Waals surface area (Å²) in [5, 5.41) is 0. The maximum absolute atomic E-state index is 1.95. The summed E-state index contributed by atoms with van der Waals surface area (Å²) in [4.78, 5) is 0. The Bertz CT molecular complexity index is 125. The second-order valence-electron chi connectivity index (χ2n) is 4.91. The van der Waals surface area contributed by atoms with Crippen molar-refractivity contribution in [2.24, 2.45) is 5.92 Å². The predicted octanol–water partition coefficient (Wildman–Crippen LogP) is 4.50. The topological polar surface area (TPSA) is 0 Å². The molecule has 2 fully saturated rings. The molecular weight excluding hydrogens is 156 g/mol. The fourth-order valence-electron chi connectivity index (χ4n) is 3.10. The average molecular weight is 179 g/mol. The van der Waals surface area contributed by atoms with Gasteiger partial charge in [0.15, 0.2) is 0 Å². The van der Waals surface area contributed by atoms with Crippen LogP contribution in [-0.4, -0.2) is 0 Å². The molecule has 0 heterocycles. The zero-order valence-electron chi connectivity index (χ0n) is 8.86. The molecule has 0 N–H and O–H groups in total. The molecule has 13 heavy (non-hydrogen) atoms. The first-order chi connectivity index (χ1) is 6.47. The summed E-state index contributed by atoms with van der Waals surface area (Å²) < 4.78 is 0. The zero-order chi connectivity index (χ0) is 8.93. The summed E-state index contributed by atoms with van der Waals surface area (Å²) in [7, 11) is 0. The van der Waals surface area contributed by atoms with Gasteiger partial charge in [-0.15, -0.1) is 0 Å². The molecule has 0 heteroatoms. The van der Waals surface area contributed by atoms with Crippen LogP contribution < -0.4 is 0 Å². The number of rotatable bonds is 1. The summed E-state index contributed by atoms with van der Waals surface area (Å²) in [5.74, 6) is 2.99. The van der Waals surface area contributed by atoms with Gasteiger partial charge in [0.1, 0.15) is 0 Å². The van der Waals surface area contributed by atoms with Crippen molar-refractivity contribution >= 4 is 0 Å². The van der Waals surface area contributed by atoms with Crippen molar-refractivity contribution in [1.82, 2.24) is 0 Å². The molecule has 2 aliphatic rings. The molecule has 0 aliphatic heterocycles. The third-order valence-electron chi connectivity index (χ3n) is 3.93. The lowest BCUT2D eigenvalue weighted by atomic mass is 9.81. The molecule has 1 radical (unpaired) electrons. The lowest BCUT2D eigenvalue weighted by Gasteiger charge is -2.24. The van der Waals surface area contributed by atoms with Crippen LogP contribution in [0.1, 0.15) is 70.6 Å². The minimum absolute atomic E-state index is 1.04. The third kappa shape index (κ3) is 2.72. The second kappa shape index (κ2) is 5.02. The molecule has 75 valence electrons. The first-order valence-corrected chi connectivity index (χ1v) is 6.31. The molecule has 0 bridgehead atoms. The maximum Gasteiger partial charge on any atom is -0.0210 e. The van der Waals surface area contributed by atoms with E-state index < -0.39 is 0 Å². The molecule has 0 aromatic heterocycles. The molecule has 0 amide bonds. The smallest absolute Gasteiger partial charge is 0.0210 e. The fraction of sp³-hybridized carbons (Fsp3) is 0.923. The van der Waals surface area contributed by atoms with Gasteiger partial charge in [0, 0.05) is 0 Å². The predicted molar refractivity (Wildman–Crippen MR) is 57.5 cm³/mol. The van der Waals surface area contributed by atoms with E-state index in [4.69, 9.17) is 0 Å². The average Bonchev–Trinajstić information content (AvgIpc) is 2.55. The van der Waals surface area contributed by atoms with Gasteiger partial charge in [-0.2, -0.15) is 0 Å². The number of hydrogen-bond acceptors (Lipinski definition) is 0. The molecule has 0 unspecified atom stereocenters. The van der Waals surface area contributed by atoms with Crippen LogP contribution >= 0.6 is 0 Å². The SMILES string of the molecule is C1CCCC([C]2CCCC2)CCC1. The minimum Gasteiger partial charge on any atom is -0.0533 e. The van der Waals surface area contributed by atoms with Crippen molar-refractivity contribution in [3.63, 3.8) is 0 Å². The molecule has 2 saturated carbocycles. The first kappa shape index (κ1) is 9.55. The van der Waals surface area contributed by atoms with E-state index in [1.165, 1.54) is 70.6 Å². The normalized spacial score (nSPS) is 28.6. The summed E-state index contributed by atoms with van der Waals surface area (Å²) in [6.45, 7) is 0. The lowest BCUT2D eigenvalue weighted by molar-refractivity contribution is 0.379. The largest absolute Gasteiger partial charge is 0.0533 e. The molecular formula is C13H23. The Balaban J connectivity index is 1.80. The Labute approximate surface area is 83.1 Å². The van der Waals surface area contributed by atoms with Gasteiger partial charge in [-0.05, 0) is 37.5 Å². The van der Waals surface area contributed by atoms with Crippen LogP contribution in [0, 0.1) is 11.8 Å². The zero-order valence-corrected chi connectivity index (χ0v) is 8.86. The fourth-order valence-corrected chi connectivity index (χ4v) is 3.10. The summed E-state index contributed by atoms with van der Waals surface area (Å²) in [6.07, 6.45) is 16.5. The van der Waals surface area contributed by atoms with Crippen LogP contribution in [0.5, 0.6) is 0 Å². The van der Waals surface area contributed by atoms with Gasteiger partial charge < -0.3 is 0 Å². The molecule has 0 spiro atoms. The van der Waals surface area contributed by atoms with Gasteiger partial charge in [-0.3, -0.25) is 0 Å². The van der Waals surface area contributed by atoms with Crippen molar-refractivity contribution in [2.75, 3.05) is 0 Å². The van der Waals surface area contributed by atoms with E-state index >= 15 is 0 Å². The van der Waals surface area contributed by atoms with Gasteiger partial charge in [0.05, 0.1) is 0 Å². The van der Waals surface area contributed by atoms with Gasteiger partial charge in [-0.1, -0.05) is 44.9 Å². The Hall–Kier alpha value is 0. The molecule has 0 saturated heterocycles. The van der Waals surface area contributed by atoms with E-state index in [1.807, 2.05) is 5.92 Å². The van der Waals surface area contributed by atoms with Crippen molar-refractivity contribution in [3.8, 4) is 0 Å². The third-order valence-corrected chi connectivity index (χ3v) is 3.93. The van der Waals surface area contributed by atoms with Crippen LogP contribution in [0.15, 0.2) is 0 Å². The molecule has 0 aromatic carbocycles. The van der Waals surface area contributed by atoms with Gasteiger partial charge in [-0.25, -0.2) is 0 Å². The van der Waals surface area contributed by atoms with Gasteiger partial charge in [0.25, 0.3) is 0 Å². The van der Waals surface area contributed by atoms with E-state index in [2.05, 4.69) is 0 Å². The van der Waals surface area contributed by atoms with Crippen LogP contribution in [0.4, 0.5) is 0 Å². The van der Waals surface area contributed by atoms with E-state index in [1.54, 1.807) is 0 Å². The lowest BCUT2D eigenvalue weighted by Crippen LogP contribution is -2.11. The molecule has 2 aliphatic carbocycles. The Kier molecular flexibility index (Phi) is 3.69. The summed E-state index contributed by atoms with van der Waals surface area (Å²) >= 11 is 0. The molecule has 2 rings (SSSR count). The highest BCUT2D eigenvalue weighted by Gasteiger charge is 2.25. The number of hydrogen-bond donors (Lipinski definition) is 0. The minimum atomic E-state index is 1.04. The highest BCUT2D eigenvalue weighted by atomic mass is 14.3. The van der Waals surface area contributed by atoms with Gasteiger partial charge >= 0.3 is 0 Å². The first-order valence-electron chi connectivity index (χ1n) is 6.31. The molecule has 0 nitrogen and oxygen atoms in total. The second-order valence-corrected chi connectivity index (χ2v) is 4.91.